The maximum Gasteiger partial charge on any atom is 0.250 e. The lowest BCUT2D eigenvalue weighted by molar-refractivity contribution is 0.598. The molecule has 1 aliphatic rings. The number of fused-ring (bicyclic) bond motifs is 1. The topological polar surface area (TPSA) is 34.0 Å². The lowest BCUT2D eigenvalue weighted by atomic mass is 10.1. The molecule has 3 nitrogen and oxygen atoms in total. The predicted octanol–water partition coefficient (Wildman–Crippen LogP) is 0.0310. The number of nitrogens with one attached hydrogen (secondary N) is 1. The number of rotatable bonds is 0. The third kappa shape index (κ3) is 1.06. The minimum absolute atomic E-state index is 0.0932. The van der Waals surface area contributed by atoms with Crippen LogP contribution in [0.25, 0.3) is 0 Å². The second-order valence-corrected chi connectivity index (χ2v) is 3.13. The molecule has 0 atom stereocenters. The van der Waals surface area contributed by atoms with Crippen molar-refractivity contribution in [1.82, 2.24) is 9.88 Å². The minimum Gasteiger partial charge on any atom is -0.315 e. The van der Waals surface area contributed by atoms with Gasteiger partial charge in [0.15, 0.2) is 0 Å². The maximum absolute atomic E-state index is 11.2. The smallest absolute Gasteiger partial charge is 0.250 e. The van der Waals surface area contributed by atoms with Crippen molar-refractivity contribution < 1.29 is 0 Å². The molecule has 0 saturated heterocycles. The Morgan fingerprint density at radius 2 is 2.33 bits per heavy atom. The Labute approximate surface area is 71.0 Å². The Morgan fingerprint density at radius 1 is 1.50 bits per heavy atom. The summed E-state index contributed by atoms with van der Waals surface area (Å²) in [7, 11) is 1.84. The molecular weight excluding hydrogens is 152 g/mol. The van der Waals surface area contributed by atoms with Crippen LogP contribution < -0.4 is 10.9 Å². The molecule has 0 radical (unpaired) electrons. The van der Waals surface area contributed by atoms with Gasteiger partial charge in [-0.2, -0.15) is 0 Å². The normalized spacial score (nSPS) is 15.8. The molecule has 1 aliphatic heterocycles. The quantitative estimate of drug-likeness (QED) is 0.587. The van der Waals surface area contributed by atoms with Gasteiger partial charge >= 0.3 is 0 Å². The van der Waals surface area contributed by atoms with E-state index in [-0.39, 0.29) is 5.56 Å². The fourth-order valence-corrected chi connectivity index (χ4v) is 1.65. The van der Waals surface area contributed by atoms with Crippen LogP contribution >= 0.6 is 0 Å². The molecule has 0 aliphatic carbocycles. The van der Waals surface area contributed by atoms with E-state index in [1.807, 2.05) is 13.1 Å². The summed E-state index contributed by atoms with van der Waals surface area (Å²) in [5, 5.41) is 3.27. The largest absolute Gasteiger partial charge is 0.315 e. The molecule has 0 bridgehead atoms. The van der Waals surface area contributed by atoms with E-state index >= 15 is 0 Å². The van der Waals surface area contributed by atoms with E-state index in [9.17, 15) is 4.79 Å². The van der Waals surface area contributed by atoms with E-state index in [0.29, 0.717) is 0 Å². The molecule has 0 saturated carbocycles. The highest BCUT2D eigenvalue weighted by atomic mass is 16.1. The molecule has 1 aromatic rings. The lowest BCUT2D eigenvalue weighted by Crippen LogP contribution is -2.30. The van der Waals surface area contributed by atoms with Gasteiger partial charge in [0, 0.05) is 38.3 Å². The zero-order valence-corrected chi connectivity index (χ0v) is 7.13. The van der Waals surface area contributed by atoms with E-state index in [0.717, 1.165) is 19.5 Å². The van der Waals surface area contributed by atoms with Crippen LogP contribution in [-0.4, -0.2) is 11.1 Å². The first-order chi connectivity index (χ1) is 5.79. The third-order valence-corrected chi connectivity index (χ3v) is 2.39. The molecule has 0 aromatic carbocycles. The molecule has 3 heteroatoms. The van der Waals surface area contributed by atoms with E-state index in [2.05, 4.69) is 5.32 Å². The fourth-order valence-electron chi connectivity index (χ4n) is 1.65. The average Bonchev–Trinajstić information content (AvgIpc) is 2.12. The number of hydrogen-bond acceptors (Lipinski definition) is 2. The van der Waals surface area contributed by atoms with Crippen LogP contribution in [0.2, 0.25) is 0 Å². The average molecular weight is 164 g/mol. The van der Waals surface area contributed by atoms with Gasteiger partial charge in [0.2, 0.25) is 5.56 Å². The van der Waals surface area contributed by atoms with Crippen LogP contribution in [0.5, 0.6) is 0 Å². The number of hydrogen-bond donors (Lipinski definition) is 1. The molecule has 2 heterocycles. The highest BCUT2D eigenvalue weighted by molar-refractivity contribution is 5.23. The van der Waals surface area contributed by atoms with Crippen molar-refractivity contribution in [2.75, 3.05) is 6.54 Å². The molecular formula is C9H12N2O. The van der Waals surface area contributed by atoms with Gasteiger partial charge in [-0.25, -0.2) is 0 Å². The first kappa shape index (κ1) is 7.55. The van der Waals surface area contributed by atoms with Crippen molar-refractivity contribution in [3.05, 3.63) is 33.7 Å². The van der Waals surface area contributed by atoms with Gasteiger partial charge in [-0.15, -0.1) is 0 Å². The van der Waals surface area contributed by atoms with Crippen molar-refractivity contribution in [3.63, 3.8) is 0 Å². The van der Waals surface area contributed by atoms with Gasteiger partial charge in [0.05, 0.1) is 0 Å². The molecule has 0 fully saturated rings. The zero-order valence-electron chi connectivity index (χ0n) is 7.13. The van der Waals surface area contributed by atoms with Crippen LogP contribution in [0.4, 0.5) is 0 Å². The first-order valence-corrected chi connectivity index (χ1v) is 4.17. The Bertz CT molecular complexity index is 354. The molecule has 0 spiro atoms. The van der Waals surface area contributed by atoms with Gasteiger partial charge in [0.1, 0.15) is 0 Å². The molecule has 1 N–H and O–H groups in total. The van der Waals surface area contributed by atoms with Gasteiger partial charge in [-0.1, -0.05) is 6.07 Å². The summed E-state index contributed by atoms with van der Waals surface area (Å²) in [5.41, 5.74) is 2.53. The van der Waals surface area contributed by atoms with Crippen LogP contribution in [-0.2, 0) is 20.0 Å². The number of nitrogens with zero attached hydrogens (tertiary/aromatic N) is 1. The second-order valence-electron chi connectivity index (χ2n) is 3.13. The Balaban J connectivity index is 2.61. The monoisotopic (exact) mass is 164 g/mol. The molecule has 64 valence electrons. The SMILES string of the molecule is Cn1c2c(ccc1=O)CNCC2. The summed E-state index contributed by atoms with van der Waals surface area (Å²) >= 11 is 0. The summed E-state index contributed by atoms with van der Waals surface area (Å²) in [6, 6.07) is 3.55. The van der Waals surface area contributed by atoms with Crippen LogP contribution in [0.1, 0.15) is 11.3 Å². The maximum atomic E-state index is 11.2. The summed E-state index contributed by atoms with van der Waals surface area (Å²) < 4.78 is 1.75. The van der Waals surface area contributed by atoms with E-state index in [1.165, 1.54) is 11.3 Å². The highest BCUT2D eigenvalue weighted by Crippen LogP contribution is 2.09. The first-order valence-electron chi connectivity index (χ1n) is 4.17. The Kier molecular flexibility index (Phi) is 1.73. The predicted molar refractivity (Wildman–Crippen MR) is 47.1 cm³/mol. The van der Waals surface area contributed by atoms with Gasteiger partial charge < -0.3 is 9.88 Å². The van der Waals surface area contributed by atoms with Crippen molar-refractivity contribution in [2.45, 2.75) is 13.0 Å². The summed E-state index contributed by atoms with van der Waals surface area (Å²) in [6.07, 6.45) is 0.960. The number of pyridine rings is 1. The standard InChI is InChI=1S/C9H12N2O/c1-11-8-4-5-10-6-7(8)2-3-9(11)12/h2-3,10H,4-6H2,1H3. The number of aromatic nitrogens is 1. The van der Waals surface area contributed by atoms with Crippen molar-refractivity contribution in [3.8, 4) is 0 Å². The Hall–Kier alpha value is -1.09. The van der Waals surface area contributed by atoms with E-state index in [1.54, 1.807) is 10.6 Å². The van der Waals surface area contributed by atoms with Crippen LogP contribution in [0, 0.1) is 0 Å². The van der Waals surface area contributed by atoms with E-state index < -0.39 is 0 Å². The van der Waals surface area contributed by atoms with Gasteiger partial charge in [-0.3, -0.25) is 4.79 Å². The Morgan fingerprint density at radius 3 is 3.17 bits per heavy atom. The van der Waals surface area contributed by atoms with Gasteiger partial charge in [-0.05, 0) is 5.56 Å². The lowest BCUT2D eigenvalue weighted by Gasteiger charge is -2.19. The van der Waals surface area contributed by atoms with Crippen LogP contribution in [0.15, 0.2) is 16.9 Å². The third-order valence-electron chi connectivity index (χ3n) is 2.39. The van der Waals surface area contributed by atoms with Crippen LogP contribution in [0.3, 0.4) is 0 Å². The molecule has 12 heavy (non-hydrogen) atoms. The molecule has 0 unspecified atom stereocenters. The summed E-state index contributed by atoms with van der Waals surface area (Å²) in [4.78, 5) is 11.2. The highest BCUT2D eigenvalue weighted by Gasteiger charge is 2.10. The zero-order chi connectivity index (χ0) is 8.55. The van der Waals surface area contributed by atoms with Crippen molar-refractivity contribution in [2.24, 2.45) is 7.05 Å². The second kappa shape index (κ2) is 2.75. The summed E-state index contributed by atoms with van der Waals surface area (Å²) in [5.74, 6) is 0. The molecule has 2 rings (SSSR count). The fraction of sp³-hybridized carbons (Fsp3) is 0.444. The van der Waals surface area contributed by atoms with Crippen molar-refractivity contribution in [1.29, 1.82) is 0 Å². The molecule has 0 amide bonds. The van der Waals surface area contributed by atoms with E-state index in [4.69, 9.17) is 0 Å². The minimum atomic E-state index is 0.0932. The summed E-state index contributed by atoms with van der Waals surface area (Å²) in [6.45, 7) is 1.87. The van der Waals surface area contributed by atoms with Crippen molar-refractivity contribution >= 4 is 0 Å². The van der Waals surface area contributed by atoms with Gasteiger partial charge in [0.25, 0.3) is 0 Å². The molecule has 1 aromatic heterocycles.